The minimum absolute atomic E-state index is 0.139. The largest absolute Gasteiger partial charge is 0.376 e. The fraction of sp³-hybridized carbons (Fsp3) is 0.400. The van der Waals surface area contributed by atoms with Gasteiger partial charge in [0.2, 0.25) is 5.91 Å². The second kappa shape index (κ2) is 7.65. The van der Waals surface area contributed by atoms with Gasteiger partial charge < -0.3 is 10.1 Å². The molecule has 0 bridgehead atoms. The van der Waals surface area contributed by atoms with Crippen LogP contribution in [0.3, 0.4) is 0 Å². The van der Waals surface area contributed by atoms with Crippen molar-refractivity contribution in [1.82, 2.24) is 5.32 Å². The molecule has 1 heterocycles. The van der Waals surface area contributed by atoms with Crippen molar-refractivity contribution in [3.05, 3.63) is 46.1 Å². The van der Waals surface area contributed by atoms with E-state index in [1.807, 2.05) is 34.4 Å². The van der Waals surface area contributed by atoms with Gasteiger partial charge in [-0.3, -0.25) is 4.79 Å². The highest BCUT2D eigenvalue weighted by atomic mass is 127. The summed E-state index contributed by atoms with van der Waals surface area (Å²) in [4.78, 5) is 11.5. The summed E-state index contributed by atoms with van der Waals surface area (Å²) in [5.41, 5.74) is 1.17. The SMILES string of the molecule is O=C1C[C@@H](COCc2ccccc2)[C@H](C/C=C\I)N1. The molecule has 1 aliphatic heterocycles. The first-order chi connectivity index (χ1) is 9.29. The molecule has 0 aromatic heterocycles. The summed E-state index contributed by atoms with van der Waals surface area (Å²) < 4.78 is 7.73. The number of carbonyl (C=O) groups excluding carboxylic acids is 1. The van der Waals surface area contributed by atoms with Crippen LogP contribution >= 0.6 is 22.6 Å². The van der Waals surface area contributed by atoms with Crippen LogP contribution in [0.2, 0.25) is 0 Å². The van der Waals surface area contributed by atoms with E-state index in [1.54, 1.807) is 0 Å². The molecule has 0 aliphatic carbocycles. The highest BCUT2D eigenvalue weighted by molar-refractivity contribution is 14.1. The second-order valence-corrected chi connectivity index (χ2v) is 5.46. The van der Waals surface area contributed by atoms with Crippen LogP contribution in [-0.2, 0) is 16.1 Å². The molecule has 19 heavy (non-hydrogen) atoms. The minimum Gasteiger partial charge on any atom is -0.376 e. The molecule has 1 fully saturated rings. The Morgan fingerprint density at radius 2 is 2.16 bits per heavy atom. The molecule has 4 heteroatoms. The van der Waals surface area contributed by atoms with Crippen molar-refractivity contribution in [2.45, 2.75) is 25.5 Å². The standard InChI is InChI=1S/C15H18INO2/c16-8-4-7-14-13(9-15(18)17-14)11-19-10-12-5-2-1-3-6-12/h1-6,8,13-14H,7,9-11H2,(H,17,18)/b8-4-/t13-,14-/m0/s1. The Bertz CT molecular complexity index is 433. The topological polar surface area (TPSA) is 38.3 Å². The van der Waals surface area contributed by atoms with Gasteiger partial charge >= 0.3 is 0 Å². The number of benzene rings is 1. The van der Waals surface area contributed by atoms with Crippen molar-refractivity contribution < 1.29 is 9.53 Å². The highest BCUT2D eigenvalue weighted by Gasteiger charge is 2.31. The van der Waals surface area contributed by atoms with E-state index in [0.29, 0.717) is 19.6 Å². The molecule has 0 spiro atoms. The summed E-state index contributed by atoms with van der Waals surface area (Å²) in [5, 5.41) is 3.01. The Hall–Kier alpha value is -0.880. The molecule has 1 saturated heterocycles. The van der Waals surface area contributed by atoms with Crippen molar-refractivity contribution in [2.75, 3.05) is 6.61 Å². The maximum Gasteiger partial charge on any atom is 0.220 e. The van der Waals surface area contributed by atoms with Crippen LogP contribution in [0.4, 0.5) is 0 Å². The molecule has 102 valence electrons. The number of carbonyl (C=O) groups is 1. The highest BCUT2D eigenvalue weighted by Crippen LogP contribution is 2.20. The molecular formula is C15H18INO2. The lowest BCUT2D eigenvalue weighted by atomic mass is 9.99. The van der Waals surface area contributed by atoms with Crippen LogP contribution in [-0.4, -0.2) is 18.6 Å². The van der Waals surface area contributed by atoms with Gasteiger partial charge in [-0.25, -0.2) is 0 Å². The van der Waals surface area contributed by atoms with Crippen molar-refractivity contribution in [3.63, 3.8) is 0 Å². The Balaban J connectivity index is 1.79. The zero-order valence-electron chi connectivity index (χ0n) is 10.7. The van der Waals surface area contributed by atoms with E-state index in [9.17, 15) is 4.79 Å². The number of hydrogen-bond donors (Lipinski definition) is 1. The second-order valence-electron chi connectivity index (χ2n) is 4.74. The first kappa shape index (κ1) is 14.5. The Morgan fingerprint density at radius 1 is 1.37 bits per heavy atom. The average molecular weight is 371 g/mol. The predicted octanol–water partition coefficient (Wildman–Crippen LogP) is 3.05. The average Bonchev–Trinajstić information content (AvgIpc) is 2.78. The molecule has 2 atom stereocenters. The minimum atomic E-state index is 0.139. The number of ether oxygens (including phenoxy) is 1. The van der Waals surface area contributed by atoms with Gasteiger partial charge in [-0.2, -0.15) is 0 Å². The summed E-state index contributed by atoms with van der Waals surface area (Å²) in [6, 6.07) is 10.3. The third-order valence-electron chi connectivity index (χ3n) is 3.29. The van der Waals surface area contributed by atoms with E-state index in [-0.39, 0.29) is 17.9 Å². The molecule has 0 radical (unpaired) electrons. The van der Waals surface area contributed by atoms with Crippen molar-refractivity contribution in [3.8, 4) is 0 Å². The normalized spacial score (nSPS) is 22.9. The molecule has 1 aromatic rings. The zero-order valence-corrected chi connectivity index (χ0v) is 12.9. The molecule has 1 N–H and O–H groups in total. The molecule has 3 nitrogen and oxygen atoms in total. The van der Waals surface area contributed by atoms with E-state index in [1.165, 1.54) is 5.56 Å². The lowest BCUT2D eigenvalue weighted by Crippen LogP contribution is -2.30. The van der Waals surface area contributed by atoms with E-state index in [0.717, 1.165) is 6.42 Å². The number of hydrogen-bond acceptors (Lipinski definition) is 2. The fourth-order valence-electron chi connectivity index (χ4n) is 2.29. The lowest BCUT2D eigenvalue weighted by molar-refractivity contribution is -0.119. The van der Waals surface area contributed by atoms with Crippen LogP contribution in [0.15, 0.2) is 40.5 Å². The Labute approximate surface area is 127 Å². The van der Waals surface area contributed by atoms with Crippen LogP contribution in [0.25, 0.3) is 0 Å². The van der Waals surface area contributed by atoms with Crippen molar-refractivity contribution in [1.29, 1.82) is 0 Å². The van der Waals surface area contributed by atoms with E-state index in [2.05, 4.69) is 34.0 Å². The predicted molar refractivity (Wildman–Crippen MR) is 83.9 cm³/mol. The van der Waals surface area contributed by atoms with Gasteiger partial charge in [0, 0.05) is 18.4 Å². The van der Waals surface area contributed by atoms with Gasteiger partial charge in [0.05, 0.1) is 13.2 Å². The smallest absolute Gasteiger partial charge is 0.220 e. The molecule has 0 saturated carbocycles. The zero-order chi connectivity index (χ0) is 13.5. The summed E-state index contributed by atoms with van der Waals surface area (Å²) in [6.45, 7) is 1.24. The first-order valence-electron chi connectivity index (χ1n) is 6.46. The van der Waals surface area contributed by atoms with E-state index >= 15 is 0 Å². The number of halogens is 1. The molecule has 1 aromatic carbocycles. The van der Waals surface area contributed by atoms with Crippen LogP contribution in [0.1, 0.15) is 18.4 Å². The maximum atomic E-state index is 11.5. The van der Waals surface area contributed by atoms with E-state index < -0.39 is 0 Å². The summed E-state index contributed by atoms with van der Waals surface area (Å²) in [6.07, 6.45) is 3.55. The van der Waals surface area contributed by atoms with Crippen molar-refractivity contribution >= 4 is 28.5 Å². The van der Waals surface area contributed by atoms with Crippen molar-refractivity contribution in [2.24, 2.45) is 5.92 Å². The third-order valence-corrected chi connectivity index (χ3v) is 3.79. The number of nitrogens with one attached hydrogen (secondary N) is 1. The molecule has 1 amide bonds. The quantitative estimate of drug-likeness (QED) is 0.781. The number of rotatable bonds is 6. The summed E-state index contributed by atoms with van der Waals surface area (Å²) in [5.74, 6) is 0.420. The summed E-state index contributed by atoms with van der Waals surface area (Å²) >= 11 is 2.20. The fourth-order valence-corrected chi connectivity index (χ4v) is 2.58. The van der Waals surface area contributed by atoms with Gasteiger partial charge in [0.15, 0.2) is 0 Å². The molecule has 0 unspecified atom stereocenters. The van der Waals surface area contributed by atoms with E-state index in [4.69, 9.17) is 4.74 Å². The van der Waals surface area contributed by atoms with Crippen LogP contribution < -0.4 is 5.32 Å². The van der Waals surface area contributed by atoms with Gasteiger partial charge in [-0.05, 0) is 16.1 Å². The van der Waals surface area contributed by atoms with Gasteiger partial charge in [0.25, 0.3) is 0 Å². The van der Waals surface area contributed by atoms with Crippen LogP contribution in [0, 0.1) is 5.92 Å². The molecular weight excluding hydrogens is 353 g/mol. The van der Waals surface area contributed by atoms with Crippen LogP contribution in [0.5, 0.6) is 0 Å². The van der Waals surface area contributed by atoms with Gasteiger partial charge in [-0.1, -0.05) is 59.0 Å². The van der Waals surface area contributed by atoms with Gasteiger partial charge in [0.1, 0.15) is 0 Å². The molecule has 1 aliphatic rings. The maximum absolute atomic E-state index is 11.5. The summed E-state index contributed by atoms with van der Waals surface area (Å²) in [7, 11) is 0. The van der Waals surface area contributed by atoms with Gasteiger partial charge in [-0.15, -0.1) is 0 Å². The first-order valence-corrected chi connectivity index (χ1v) is 7.70. The Kier molecular flexibility index (Phi) is 5.85. The molecule has 2 rings (SSSR count). The Morgan fingerprint density at radius 3 is 2.89 bits per heavy atom. The third kappa shape index (κ3) is 4.62. The monoisotopic (exact) mass is 371 g/mol. The lowest BCUT2D eigenvalue weighted by Gasteiger charge is -2.17. The number of amides is 1.